The van der Waals surface area contributed by atoms with Crippen LogP contribution in [0.3, 0.4) is 0 Å². The van der Waals surface area contributed by atoms with Gasteiger partial charge in [-0.2, -0.15) is 0 Å². The largest absolute Gasteiger partial charge is 0.495 e. The molecule has 32 heavy (non-hydrogen) atoms. The number of nitrogens with zero attached hydrogens (tertiary/aromatic N) is 3. The average Bonchev–Trinajstić information content (AvgIpc) is 3.36. The maximum absolute atomic E-state index is 13.6. The van der Waals surface area contributed by atoms with E-state index in [-0.39, 0.29) is 17.6 Å². The molecule has 0 aliphatic carbocycles. The molecule has 6 heteroatoms. The van der Waals surface area contributed by atoms with Gasteiger partial charge in [0.25, 0.3) is 5.91 Å². The molecule has 0 N–H and O–H groups in total. The Morgan fingerprint density at radius 3 is 2.72 bits per heavy atom. The van der Waals surface area contributed by atoms with E-state index >= 15 is 0 Å². The van der Waals surface area contributed by atoms with Crippen LogP contribution in [0.2, 0.25) is 0 Å². The molecule has 2 aliphatic heterocycles. The van der Waals surface area contributed by atoms with E-state index in [9.17, 15) is 9.18 Å². The smallest absolute Gasteiger partial charge is 0.255 e. The third kappa shape index (κ3) is 3.51. The summed E-state index contributed by atoms with van der Waals surface area (Å²) in [6, 6.07) is 12.3. The quantitative estimate of drug-likeness (QED) is 0.548. The van der Waals surface area contributed by atoms with Gasteiger partial charge in [-0.15, -0.1) is 0 Å². The van der Waals surface area contributed by atoms with Gasteiger partial charge in [-0.25, -0.2) is 9.37 Å². The fourth-order valence-corrected chi connectivity index (χ4v) is 4.55. The van der Waals surface area contributed by atoms with Crippen molar-refractivity contribution in [3.63, 3.8) is 0 Å². The minimum Gasteiger partial charge on any atom is -0.495 e. The predicted molar refractivity (Wildman–Crippen MR) is 121 cm³/mol. The molecule has 2 aromatic carbocycles. The van der Waals surface area contributed by atoms with Crippen LogP contribution in [0.1, 0.15) is 35.6 Å². The van der Waals surface area contributed by atoms with Crippen LogP contribution in [-0.4, -0.2) is 34.0 Å². The van der Waals surface area contributed by atoms with Crippen LogP contribution in [0.4, 0.5) is 4.39 Å². The van der Waals surface area contributed by atoms with E-state index in [1.165, 1.54) is 12.1 Å². The molecule has 2 aliphatic rings. The van der Waals surface area contributed by atoms with Crippen molar-refractivity contribution in [2.75, 3.05) is 13.7 Å². The SMILES string of the molecule is COc1cc(C=C2C(=O)N3CCCC=C3C2c2ccc(F)cc2)ccc1-n1cnc(C)c1. The molecule has 1 aromatic heterocycles. The Morgan fingerprint density at radius 2 is 2.00 bits per heavy atom. The highest BCUT2D eigenvalue weighted by Crippen LogP contribution is 2.44. The van der Waals surface area contributed by atoms with Gasteiger partial charge in [-0.1, -0.05) is 24.3 Å². The van der Waals surface area contributed by atoms with Crippen molar-refractivity contribution < 1.29 is 13.9 Å². The summed E-state index contributed by atoms with van der Waals surface area (Å²) in [6.07, 6.45) is 9.65. The van der Waals surface area contributed by atoms with Crippen molar-refractivity contribution in [3.8, 4) is 11.4 Å². The Balaban J connectivity index is 1.59. The van der Waals surface area contributed by atoms with E-state index in [4.69, 9.17) is 4.74 Å². The van der Waals surface area contributed by atoms with Gasteiger partial charge in [0, 0.05) is 24.0 Å². The second-order valence-electron chi connectivity index (χ2n) is 8.17. The molecule has 5 nitrogen and oxygen atoms in total. The number of carbonyl (C=O) groups excluding carboxylic acids is 1. The van der Waals surface area contributed by atoms with Crippen molar-refractivity contribution in [2.45, 2.75) is 25.7 Å². The van der Waals surface area contributed by atoms with Crippen LogP contribution in [0.15, 0.2) is 72.3 Å². The highest BCUT2D eigenvalue weighted by Gasteiger charge is 2.41. The van der Waals surface area contributed by atoms with Gasteiger partial charge in [0.1, 0.15) is 11.6 Å². The Hall–Kier alpha value is -3.67. The first kappa shape index (κ1) is 20.2. The highest BCUT2D eigenvalue weighted by atomic mass is 19.1. The van der Waals surface area contributed by atoms with Crippen molar-refractivity contribution >= 4 is 12.0 Å². The molecule has 0 bridgehead atoms. The number of rotatable bonds is 4. The zero-order valence-corrected chi connectivity index (χ0v) is 18.1. The minimum absolute atomic E-state index is 0.0125. The molecule has 5 rings (SSSR count). The number of imidazole rings is 1. The number of hydrogen-bond acceptors (Lipinski definition) is 3. The van der Waals surface area contributed by atoms with Crippen molar-refractivity contribution in [3.05, 3.63) is 95.0 Å². The van der Waals surface area contributed by atoms with Crippen LogP contribution < -0.4 is 4.74 Å². The van der Waals surface area contributed by atoms with Crippen LogP contribution in [0.5, 0.6) is 5.75 Å². The van der Waals surface area contributed by atoms with Gasteiger partial charge in [0.2, 0.25) is 0 Å². The minimum atomic E-state index is -0.284. The van der Waals surface area contributed by atoms with Crippen LogP contribution in [0.25, 0.3) is 11.8 Å². The Labute approximate surface area is 186 Å². The molecule has 1 atom stereocenters. The number of aryl methyl sites for hydroxylation is 1. The second kappa shape index (κ2) is 8.11. The van der Waals surface area contributed by atoms with Crippen molar-refractivity contribution in [1.82, 2.24) is 14.5 Å². The lowest BCUT2D eigenvalue weighted by Gasteiger charge is -2.24. The molecule has 0 spiro atoms. The number of amides is 1. The van der Waals surface area contributed by atoms with Crippen LogP contribution >= 0.6 is 0 Å². The van der Waals surface area contributed by atoms with E-state index in [1.807, 2.05) is 46.9 Å². The number of fused-ring (bicyclic) bond motifs is 1. The van der Waals surface area contributed by atoms with Crippen molar-refractivity contribution in [2.24, 2.45) is 0 Å². The Morgan fingerprint density at radius 1 is 1.19 bits per heavy atom. The zero-order chi connectivity index (χ0) is 22.2. The van der Waals surface area contributed by atoms with Gasteiger partial charge >= 0.3 is 0 Å². The molecule has 1 saturated heterocycles. The summed E-state index contributed by atoms with van der Waals surface area (Å²) in [5, 5.41) is 0. The van der Waals surface area contributed by atoms with Crippen molar-refractivity contribution in [1.29, 1.82) is 0 Å². The topological polar surface area (TPSA) is 47.4 Å². The number of ether oxygens (including phenoxy) is 1. The molecular formula is C26H24FN3O2. The van der Waals surface area contributed by atoms with Crippen LogP contribution in [0, 0.1) is 12.7 Å². The van der Waals surface area contributed by atoms with E-state index < -0.39 is 0 Å². The van der Waals surface area contributed by atoms with E-state index in [2.05, 4.69) is 11.1 Å². The maximum Gasteiger partial charge on any atom is 0.255 e. The number of benzene rings is 2. The van der Waals surface area contributed by atoms with Gasteiger partial charge in [-0.3, -0.25) is 4.79 Å². The molecule has 0 saturated carbocycles. The number of methoxy groups -OCH3 is 1. The number of allylic oxidation sites excluding steroid dienone is 2. The summed E-state index contributed by atoms with van der Waals surface area (Å²) in [4.78, 5) is 19.5. The maximum atomic E-state index is 13.6. The number of halogens is 1. The summed E-state index contributed by atoms with van der Waals surface area (Å²) < 4.78 is 21.1. The molecule has 1 unspecified atom stereocenters. The zero-order valence-electron chi connectivity index (χ0n) is 18.1. The molecule has 1 fully saturated rings. The summed E-state index contributed by atoms with van der Waals surface area (Å²) >= 11 is 0. The van der Waals surface area contributed by atoms with Gasteiger partial charge in [0.05, 0.1) is 30.7 Å². The third-order valence-electron chi connectivity index (χ3n) is 6.07. The first-order valence-electron chi connectivity index (χ1n) is 10.7. The molecule has 1 amide bonds. The fraction of sp³-hybridized carbons (Fsp3) is 0.231. The summed E-state index contributed by atoms with van der Waals surface area (Å²) in [7, 11) is 1.63. The van der Waals surface area contributed by atoms with E-state index in [0.29, 0.717) is 17.9 Å². The fourth-order valence-electron chi connectivity index (χ4n) is 4.55. The molecule has 0 radical (unpaired) electrons. The van der Waals surface area contributed by atoms with Gasteiger partial charge in [0.15, 0.2) is 0 Å². The van der Waals surface area contributed by atoms with E-state index in [1.54, 1.807) is 25.6 Å². The lowest BCUT2D eigenvalue weighted by atomic mass is 9.89. The number of aromatic nitrogens is 2. The second-order valence-corrected chi connectivity index (χ2v) is 8.17. The number of hydrogen-bond donors (Lipinski definition) is 0. The lowest BCUT2D eigenvalue weighted by Crippen LogP contribution is -2.27. The average molecular weight is 429 g/mol. The summed E-state index contributed by atoms with van der Waals surface area (Å²) in [5.74, 6) is 0.217. The number of carbonyl (C=O) groups is 1. The Bertz CT molecular complexity index is 1240. The monoisotopic (exact) mass is 429 g/mol. The van der Waals surface area contributed by atoms with Gasteiger partial charge in [-0.05, 0) is 61.2 Å². The molecule has 3 aromatic rings. The van der Waals surface area contributed by atoms with Crippen LogP contribution in [-0.2, 0) is 4.79 Å². The Kier molecular flexibility index (Phi) is 5.13. The lowest BCUT2D eigenvalue weighted by molar-refractivity contribution is -0.123. The van der Waals surface area contributed by atoms with Gasteiger partial charge < -0.3 is 14.2 Å². The third-order valence-corrected chi connectivity index (χ3v) is 6.07. The molecular weight excluding hydrogens is 405 g/mol. The first-order valence-corrected chi connectivity index (χ1v) is 10.7. The normalized spacial score (nSPS) is 19.3. The highest BCUT2D eigenvalue weighted by molar-refractivity contribution is 6.04. The first-order chi connectivity index (χ1) is 15.5. The summed E-state index contributed by atoms with van der Waals surface area (Å²) in [5.41, 5.74) is 5.28. The standard InChI is InChI=1S/C26H24FN3O2/c1-17-15-29(16-28-17)22-11-6-18(14-24(22)32-2)13-21-25(19-7-9-20(27)10-8-19)23-5-3-4-12-30(23)26(21)31/h5-11,13-16,25H,3-4,12H2,1-2H3. The predicted octanol–water partition coefficient (Wildman–Crippen LogP) is 5.02. The molecule has 3 heterocycles. The summed E-state index contributed by atoms with van der Waals surface area (Å²) in [6.45, 7) is 2.65. The van der Waals surface area contributed by atoms with E-state index in [0.717, 1.165) is 41.0 Å². The molecule has 162 valence electrons.